The van der Waals surface area contributed by atoms with E-state index in [1.165, 1.54) is 0 Å². The van der Waals surface area contributed by atoms with E-state index in [0.717, 1.165) is 0 Å². The zero-order chi connectivity index (χ0) is 8.91. The second-order valence-corrected chi connectivity index (χ2v) is 3.98. The van der Waals surface area contributed by atoms with Crippen LogP contribution in [-0.2, 0) is 0 Å². The summed E-state index contributed by atoms with van der Waals surface area (Å²) >= 11 is 5.97. The van der Waals surface area contributed by atoms with Crippen molar-refractivity contribution in [3.63, 3.8) is 0 Å². The second-order valence-electron chi connectivity index (χ2n) is 3.32. The Morgan fingerprint density at radius 2 is 1.82 bits per heavy atom. The molecule has 0 aliphatic carbocycles. The molecule has 11 heavy (non-hydrogen) atoms. The van der Waals surface area contributed by atoms with Crippen molar-refractivity contribution >= 4 is 11.6 Å². The number of hydrogen-bond acceptors (Lipinski definition) is 0. The van der Waals surface area contributed by atoms with Crippen LogP contribution < -0.4 is 0 Å². The molecule has 1 unspecified atom stereocenters. The Balaban J connectivity index is 4.11. The van der Waals surface area contributed by atoms with Crippen molar-refractivity contribution in [1.82, 2.24) is 0 Å². The van der Waals surface area contributed by atoms with Crippen LogP contribution in [-0.4, -0.2) is 5.38 Å². The molecule has 0 aliphatic rings. The van der Waals surface area contributed by atoms with Gasteiger partial charge in [-0.25, -0.2) is 0 Å². The van der Waals surface area contributed by atoms with E-state index in [1.807, 2.05) is 32.1 Å². The zero-order valence-corrected chi connectivity index (χ0v) is 8.52. The average Bonchev–Trinajstić information content (AvgIpc) is 1.88. The molecule has 1 atom stereocenters. The van der Waals surface area contributed by atoms with Crippen molar-refractivity contribution in [1.29, 1.82) is 0 Å². The van der Waals surface area contributed by atoms with Gasteiger partial charge >= 0.3 is 0 Å². The third-order valence-corrected chi connectivity index (χ3v) is 2.42. The van der Waals surface area contributed by atoms with Gasteiger partial charge in [0.2, 0.25) is 0 Å². The fraction of sp³-hybridized carbons (Fsp3) is 0.600. The number of allylic oxidation sites excluding steroid dienone is 4. The molecule has 0 fully saturated rings. The molecular formula is C10H17Cl. The van der Waals surface area contributed by atoms with E-state index in [4.69, 9.17) is 11.6 Å². The summed E-state index contributed by atoms with van der Waals surface area (Å²) in [6, 6.07) is 0. The minimum atomic E-state index is 0.0844. The predicted octanol–water partition coefficient (Wildman–Crippen LogP) is 3.77. The van der Waals surface area contributed by atoms with Crippen LogP contribution in [0.1, 0.15) is 27.7 Å². The smallest absolute Gasteiger partial charge is 0.0393 e. The van der Waals surface area contributed by atoms with Crippen molar-refractivity contribution in [3.05, 3.63) is 24.3 Å². The van der Waals surface area contributed by atoms with E-state index >= 15 is 0 Å². The Morgan fingerprint density at radius 3 is 2.18 bits per heavy atom. The first-order valence-electron chi connectivity index (χ1n) is 3.95. The molecule has 0 aromatic heterocycles. The van der Waals surface area contributed by atoms with Crippen LogP contribution in [0, 0.1) is 5.41 Å². The Morgan fingerprint density at radius 1 is 1.27 bits per heavy atom. The summed E-state index contributed by atoms with van der Waals surface area (Å²) in [5.41, 5.74) is 0.0844. The first kappa shape index (κ1) is 10.8. The lowest BCUT2D eigenvalue weighted by Crippen LogP contribution is -2.18. The summed E-state index contributed by atoms with van der Waals surface area (Å²) in [4.78, 5) is 0. The number of halogens is 1. The normalized spacial score (nSPS) is 16.5. The maximum Gasteiger partial charge on any atom is 0.0393 e. The van der Waals surface area contributed by atoms with Crippen LogP contribution in [0.2, 0.25) is 0 Å². The number of hydrogen-bond donors (Lipinski definition) is 0. The lowest BCUT2D eigenvalue weighted by molar-refractivity contribution is 0.470. The van der Waals surface area contributed by atoms with Gasteiger partial charge in [0.25, 0.3) is 0 Å². The summed E-state index contributed by atoms with van der Waals surface area (Å²) in [7, 11) is 0. The van der Waals surface area contributed by atoms with Crippen LogP contribution in [0.25, 0.3) is 0 Å². The molecule has 0 radical (unpaired) electrons. The third-order valence-electron chi connectivity index (χ3n) is 1.85. The lowest BCUT2D eigenvalue weighted by Gasteiger charge is -2.22. The summed E-state index contributed by atoms with van der Waals surface area (Å²) in [6.07, 6.45) is 8.19. The third kappa shape index (κ3) is 4.26. The van der Waals surface area contributed by atoms with Crippen LogP contribution >= 0.6 is 11.6 Å². The molecule has 64 valence electrons. The summed E-state index contributed by atoms with van der Waals surface area (Å²) < 4.78 is 0. The standard InChI is InChI=1S/C10H17Cl/c1-5-6-7-8-10(3,4)9(2)11/h5-9H,1-4H3. The molecule has 0 saturated carbocycles. The minimum absolute atomic E-state index is 0.0844. The molecule has 0 aliphatic heterocycles. The number of alkyl halides is 1. The molecular weight excluding hydrogens is 156 g/mol. The Labute approximate surface area is 74.9 Å². The van der Waals surface area contributed by atoms with Gasteiger partial charge in [-0.1, -0.05) is 38.2 Å². The molecule has 0 amide bonds. The van der Waals surface area contributed by atoms with Gasteiger partial charge in [0.1, 0.15) is 0 Å². The van der Waals surface area contributed by atoms with E-state index in [2.05, 4.69) is 19.9 Å². The highest BCUT2D eigenvalue weighted by molar-refractivity contribution is 6.20. The van der Waals surface area contributed by atoms with Crippen molar-refractivity contribution in [2.75, 3.05) is 0 Å². The highest BCUT2D eigenvalue weighted by Gasteiger charge is 2.19. The van der Waals surface area contributed by atoms with E-state index in [1.54, 1.807) is 0 Å². The molecule has 0 bridgehead atoms. The molecule has 0 saturated heterocycles. The first-order valence-corrected chi connectivity index (χ1v) is 4.39. The van der Waals surface area contributed by atoms with E-state index in [0.29, 0.717) is 0 Å². The summed E-state index contributed by atoms with van der Waals surface area (Å²) in [6.45, 7) is 8.28. The SMILES string of the molecule is CC=CC=CC(C)(C)C(C)Cl. The highest BCUT2D eigenvalue weighted by Crippen LogP contribution is 2.26. The largest absolute Gasteiger partial charge is 0.122 e. The van der Waals surface area contributed by atoms with E-state index in [-0.39, 0.29) is 10.8 Å². The average molecular weight is 173 g/mol. The maximum atomic E-state index is 5.97. The molecule has 0 aromatic carbocycles. The maximum absolute atomic E-state index is 5.97. The van der Waals surface area contributed by atoms with Gasteiger partial charge in [-0.05, 0) is 19.3 Å². The summed E-state index contributed by atoms with van der Waals surface area (Å²) in [5.74, 6) is 0. The fourth-order valence-corrected chi connectivity index (χ4v) is 0.620. The quantitative estimate of drug-likeness (QED) is 0.449. The van der Waals surface area contributed by atoms with Crippen LogP contribution in [0.3, 0.4) is 0 Å². The molecule has 0 spiro atoms. The molecule has 0 rings (SSSR count). The van der Waals surface area contributed by atoms with Gasteiger partial charge in [-0.15, -0.1) is 11.6 Å². The fourth-order valence-electron chi connectivity index (χ4n) is 0.547. The minimum Gasteiger partial charge on any atom is -0.122 e. The molecule has 0 N–H and O–H groups in total. The van der Waals surface area contributed by atoms with Crippen LogP contribution in [0.5, 0.6) is 0 Å². The molecule has 0 heterocycles. The Kier molecular flexibility index (Phi) is 4.51. The molecule has 1 heteroatoms. The zero-order valence-electron chi connectivity index (χ0n) is 7.76. The highest BCUT2D eigenvalue weighted by atomic mass is 35.5. The monoisotopic (exact) mass is 172 g/mol. The topological polar surface area (TPSA) is 0 Å². The first-order chi connectivity index (χ1) is 5.00. The van der Waals surface area contributed by atoms with Gasteiger partial charge < -0.3 is 0 Å². The predicted molar refractivity (Wildman–Crippen MR) is 53.1 cm³/mol. The Hall–Kier alpha value is -0.230. The lowest BCUT2D eigenvalue weighted by atomic mass is 9.89. The van der Waals surface area contributed by atoms with Crippen LogP contribution in [0.4, 0.5) is 0 Å². The van der Waals surface area contributed by atoms with Crippen molar-refractivity contribution in [2.24, 2.45) is 5.41 Å². The van der Waals surface area contributed by atoms with E-state index in [9.17, 15) is 0 Å². The van der Waals surface area contributed by atoms with Gasteiger partial charge in [0.15, 0.2) is 0 Å². The molecule has 0 aromatic rings. The second kappa shape index (κ2) is 4.61. The Bertz CT molecular complexity index is 152. The van der Waals surface area contributed by atoms with Gasteiger partial charge in [0.05, 0.1) is 0 Å². The van der Waals surface area contributed by atoms with Crippen LogP contribution in [0.15, 0.2) is 24.3 Å². The van der Waals surface area contributed by atoms with Crippen molar-refractivity contribution in [2.45, 2.75) is 33.1 Å². The van der Waals surface area contributed by atoms with Crippen molar-refractivity contribution < 1.29 is 0 Å². The van der Waals surface area contributed by atoms with Gasteiger partial charge in [-0.3, -0.25) is 0 Å². The number of rotatable bonds is 3. The summed E-state index contributed by atoms with van der Waals surface area (Å²) in [5, 5.41) is 0.170. The van der Waals surface area contributed by atoms with Gasteiger partial charge in [0, 0.05) is 5.38 Å². The van der Waals surface area contributed by atoms with Gasteiger partial charge in [-0.2, -0.15) is 0 Å². The van der Waals surface area contributed by atoms with E-state index < -0.39 is 0 Å². The molecule has 0 nitrogen and oxygen atoms in total. The van der Waals surface area contributed by atoms with Crippen molar-refractivity contribution in [3.8, 4) is 0 Å².